The molecule has 0 bridgehead atoms. The largest absolute Gasteiger partial charge is 0.355 e. The number of hydrogen-bond donors (Lipinski definition) is 3. The first-order chi connectivity index (χ1) is 12.4. The zero-order valence-corrected chi connectivity index (χ0v) is 16.0. The molecule has 9 heteroatoms. The number of nitrogens with one attached hydrogen (secondary N) is 3. The van der Waals surface area contributed by atoms with E-state index in [-0.39, 0.29) is 22.9 Å². The average Bonchev–Trinajstić information content (AvgIpc) is 3.13. The topological polar surface area (TPSA) is 104 Å². The van der Waals surface area contributed by atoms with Crippen molar-refractivity contribution < 1.29 is 18.0 Å². The van der Waals surface area contributed by atoms with Gasteiger partial charge < -0.3 is 10.6 Å². The van der Waals surface area contributed by atoms with Gasteiger partial charge in [0.25, 0.3) is 5.91 Å². The second kappa shape index (κ2) is 9.46. The Morgan fingerprint density at radius 3 is 2.42 bits per heavy atom. The van der Waals surface area contributed by atoms with Crippen LogP contribution in [-0.2, 0) is 21.2 Å². The average molecular weight is 396 g/mol. The van der Waals surface area contributed by atoms with Crippen molar-refractivity contribution in [3.63, 3.8) is 0 Å². The van der Waals surface area contributed by atoms with Gasteiger partial charge in [0.1, 0.15) is 0 Å². The normalized spacial score (nSPS) is 11.1. The van der Waals surface area contributed by atoms with E-state index in [0.29, 0.717) is 19.5 Å². The van der Waals surface area contributed by atoms with Crippen LogP contribution in [0.5, 0.6) is 0 Å². The molecule has 0 spiro atoms. The summed E-state index contributed by atoms with van der Waals surface area (Å²) in [6, 6.07) is 9.45. The van der Waals surface area contributed by atoms with Gasteiger partial charge in [0, 0.05) is 23.5 Å². The van der Waals surface area contributed by atoms with Crippen molar-refractivity contribution in [2.24, 2.45) is 0 Å². The SMILES string of the molecule is CCNC(=O)CNC(=O)c1ccc(S(=O)(=O)NCCc2cccs2)cc1. The van der Waals surface area contributed by atoms with Crippen molar-refractivity contribution in [1.82, 2.24) is 15.4 Å². The number of hydrogen-bond acceptors (Lipinski definition) is 5. The fourth-order valence-corrected chi connectivity index (χ4v) is 3.90. The van der Waals surface area contributed by atoms with Crippen LogP contribution in [-0.4, -0.2) is 39.9 Å². The van der Waals surface area contributed by atoms with Gasteiger partial charge in [-0.15, -0.1) is 11.3 Å². The number of carbonyl (C=O) groups is 2. The van der Waals surface area contributed by atoms with Crippen LogP contribution in [0, 0.1) is 0 Å². The molecule has 1 aromatic heterocycles. The van der Waals surface area contributed by atoms with Crippen LogP contribution in [0.2, 0.25) is 0 Å². The van der Waals surface area contributed by atoms with Gasteiger partial charge in [0.2, 0.25) is 15.9 Å². The quantitative estimate of drug-likeness (QED) is 0.592. The lowest BCUT2D eigenvalue weighted by Crippen LogP contribution is -2.36. The van der Waals surface area contributed by atoms with Crippen molar-refractivity contribution in [2.75, 3.05) is 19.6 Å². The third-order valence-corrected chi connectivity index (χ3v) is 5.87. The number of benzene rings is 1. The molecule has 2 amide bonds. The summed E-state index contributed by atoms with van der Waals surface area (Å²) in [6.07, 6.45) is 0.622. The Morgan fingerprint density at radius 2 is 1.81 bits per heavy atom. The maximum Gasteiger partial charge on any atom is 0.251 e. The highest BCUT2D eigenvalue weighted by atomic mass is 32.2. The van der Waals surface area contributed by atoms with Gasteiger partial charge in [-0.05, 0) is 49.1 Å². The Bertz CT molecular complexity index is 831. The molecule has 3 N–H and O–H groups in total. The van der Waals surface area contributed by atoms with E-state index < -0.39 is 15.9 Å². The van der Waals surface area contributed by atoms with Crippen LogP contribution in [0.15, 0.2) is 46.7 Å². The lowest BCUT2D eigenvalue weighted by molar-refractivity contribution is -0.120. The van der Waals surface area contributed by atoms with Crippen molar-refractivity contribution in [1.29, 1.82) is 0 Å². The molecule has 0 fully saturated rings. The fourth-order valence-electron chi connectivity index (χ4n) is 2.15. The smallest absolute Gasteiger partial charge is 0.251 e. The van der Waals surface area contributed by atoms with Crippen LogP contribution in [0.4, 0.5) is 0 Å². The van der Waals surface area contributed by atoms with E-state index in [1.54, 1.807) is 18.3 Å². The van der Waals surface area contributed by atoms with Gasteiger partial charge in [0.05, 0.1) is 11.4 Å². The highest BCUT2D eigenvalue weighted by molar-refractivity contribution is 7.89. The number of carbonyl (C=O) groups excluding carboxylic acids is 2. The Balaban J connectivity index is 1.90. The van der Waals surface area contributed by atoms with E-state index in [4.69, 9.17) is 0 Å². The van der Waals surface area contributed by atoms with Gasteiger partial charge in [-0.25, -0.2) is 13.1 Å². The monoisotopic (exact) mass is 395 g/mol. The molecule has 2 aromatic rings. The Hall–Kier alpha value is -2.23. The first-order valence-electron chi connectivity index (χ1n) is 8.09. The van der Waals surface area contributed by atoms with E-state index in [2.05, 4.69) is 15.4 Å². The second-order valence-corrected chi connectivity index (χ2v) is 8.19. The standard InChI is InChI=1S/C17H21N3O4S2/c1-2-18-16(21)12-19-17(22)13-5-7-15(8-6-13)26(23,24)20-10-9-14-4-3-11-25-14/h3-8,11,20H,2,9-10,12H2,1H3,(H,18,21)(H,19,22). The molecule has 0 saturated heterocycles. The summed E-state index contributed by atoms with van der Waals surface area (Å²) >= 11 is 1.58. The summed E-state index contributed by atoms with van der Waals surface area (Å²) in [5.74, 6) is -0.721. The maximum atomic E-state index is 12.3. The van der Waals surface area contributed by atoms with E-state index >= 15 is 0 Å². The van der Waals surface area contributed by atoms with Crippen molar-refractivity contribution in [2.45, 2.75) is 18.2 Å². The van der Waals surface area contributed by atoms with Crippen LogP contribution in [0.3, 0.4) is 0 Å². The first-order valence-corrected chi connectivity index (χ1v) is 10.5. The van der Waals surface area contributed by atoms with Gasteiger partial charge in [-0.1, -0.05) is 6.07 Å². The molecule has 1 heterocycles. The third-order valence-electron chi connectivity index (χ3n) is 3.45. The predicted molar refractivity (Wildman–Crippen MR) is 101 cm³/mol. The summed E-state index contributed by atoms with van der Waals surface area (Å²) in [4.78, 5) is 24.5. The molecule has 7 nitrogen and oxygen atoms in total. The molecule has 1 aromatic carbocycles. The Morgan fingerprint density at radius 1 is 1.08 bits per heavy atom. The van der Waals surface area contributed by atoms with Crippen LogP contribution < -0.4 is 15.4 Å². The van der Waals surface area contributed by atoms with Gasteiger partial charge in [-0.2, -0.15) is 0 Å². The molecule has 0 atom stereocenters. The molecule has 26 heavy (non-hydrogen) atoms. The van der Waals surface area contributed by atoms with Gasteiger partial charge >= 0.3 is 0 Å². The highest BCUT2D eigenvalue weighted by Crippen LogP contribution is 2.12. The van der Waals surface area contributed by atoms with E-state index in [1.807, 2.05) is 17.5 Å². The minimum Gasteiger partial charge on any atom is -0.355 e. The molecule has 140 valence electrons. The number of rotatable bonds is 9. The van der Waals surface area contributed by atoms with Crippen LogP contribution >= 0.6 is 11.3 Å². The van der Waals surface area contributed by atoms with E-state index in [1.165, 1.54) is 24.3 Å². The lowest BCUT2D eigenvalue weighted by Gasteiger charge is -2.08. The fraction of sp³-hybridized carbons (Fsp3) is 0.294. The molecule has 0 unspecified atom stereocenters. The molecule has 0 saturated carbocycles. The Labute approximate surface area is 156 Å². The van der Waals surface area contributed by atoms with Gasteiger partial charge in [0.15, 0.2) is 0 Å². The summed E-state index contributed by atoms with van der Waals surface area (Å²) in [6.45, 7) is 2.45. The number of thiophene rings is 1. The second-order valence-electron chi connectivity index (χ2n) is 5.39. The third kappa shape index (κ3) is 5.94. The number of sulfonamides is 1. The number of likely N-dealkylation sites (N-methyl/N-ethyl adjacent to an activating group) is 1. The maximum absolute atomic E-state index is 12.3. The lowest BCUT2D eigenvalue weighted by atomic mass is 10.2. The van der Waals surface area contributed by atoms with Crippen LogP contribution in [0.25, 0.3) is 0 Å². The van der Waals surface area contributed by atoms with E-state index in [0.717, 1.165) is 4.88 Å². The zero-order chi connectivity index (χ0) is 19.0. The van der Waals surface area contributed by atoms with Crippen molar-refractivity contribution in [3.05, 3.63) is 52.2 Å². The van der Waals surface area contributed by atoms with Crippen molar-refractivity contribution >= 4 is 33.2 Å². The predicted octanol–water partition coefficient (Wildman–Crippen LogP) is 1.14. The summed E-state index contributed by atoms with van der Waals surface area (Å²) in [5, 5.41) is 6.99. The van der Waals surface area contributed by atoms with Crippen molar-refractivity contribution in [3.8, 4) is 0 Å². The Kier molecular flexibility index (Phi) is 7.31. The molecule has 0 aliphatic heterocycles. The molecular formula is C17H21N3O4S2. The zero-order valence-electron chi connectivity index (χ0n) is 14.3. The van der Waals surface area contributed by atoms with E-state index in [9.17, 15) is 18.0 Å². The first kappa shape index (κ1) is 20.1. The summed E-state index contributed by atoms with van der Waals surface area (Å²) in [7, 11) is -3.63. The minimum absolute atomic E-state index is 0.0870. The summed E-state index contributed by atoms with van der Waals surface area (Å²) < 4.78 is 27.1. The minimum atomic E-state index is -3.63. The molecular weight excluding hydrogens is 374 g/mol. The molecule has 2 rings (SSSR count). The molecule has 0 radical (unpaired) electrons. The van der Waals surface area contributed by atoms with Gasteiger partial charge in [-0.3, -0.25) is 9.59 Å². The molecule has 0 aliphatic carbocycles. The summed E-state index contributed by atoms with van der Waals surface area (Å²) in [5.41, 5.74) is 0.284. The highest BCUT2D eigenvalue weighted by Gasteiger charge is 2.15. The van der Waals surface area contributed by atoms with Crippen LogP contribution in [0.1, 0.15) is 22.2 Å². The number of amides is 2. The molecule has 0 aliphatic rings.